The van der Waals surface area contributed by atoms with Gasteiger partial charge in [0, 0.05) is 31.0 Å². The largest absolute Gasteiger partial charge is 0.411 e. The fourth-order valence-electron chi connectivity index (χ4n) is 2.84. The van der Waals surface area contributed by atoms with Crippen LogP contribution < -0.4 is 0 Å². The van der Waals surface area contributed by atoms with Gasteiger partial charge in [-0.25, -0.2) is 0 Å². The number of nitrogens with zero attached hydrogens (tertiary/aromatic N) is 2. The van der Waals surface area contributed by atoms with E-state index in [9.17, 15) is 0 Å². The van der Waals surface area contributed by atoms with Gasteiger partial charge in [-0.3, -0.25) is 4.90 Å². The Bertz CT molecular complexity index is 221. The Labute approximate surface area is 85.8 Å². The average molecular weight is 196 g/mol. The van der Waals surface area contributed by atoms with Crippen LogP contribution in [-0.4, -0.2) is 35.0 Å². The Morgan fingerprint density at radius 2 is 1.86 bits per heavy atom. The summed E-state index contributed by atoms with van der Waals surface area (Å²) >= 11 is 0. The first-order chi connectivity index (χ1) is 6.72. The molecule has 2 atom stereocenters. The van der Waals surface area contributed by atoms with Gasteiger partial charge in [0.2, 0.25) is 0 Å². The van der Waals surface area contributed by atoms with E-state index in [1.165, 1.54) is 19.3 Å². The Hall–Kier alpha value is -0.570. The smallest absolute Gasteiger partial charge is 0.0657 e. The molecule has 14 heavy (non-hydrogen) atoms. The Morgan fingerprint density at radius 1 is 1.29 bits per heavy atom. The number of oxime groups is 1. The average Bonchev–Trinajstić information content (AvgIpc) is 2.15. The van der Waals surface area contributed by atoms with E-state index in [2.05, 4.69) is 23.9 Å². The summed E-state index contributed by atoms with van der Waals surface area (Å²) in [6, 6.07) is 0.623. The van der Waals surface area contributed by atoms with E-state index in [0.717, 1.165) is 18.8 Å². The molecular weight excluding hydrogens is 176 g/mol. The Morgan fingerprint density at radius 3 is 2.29 bits per heavy atom. The summed E-state index contributed by atoms with van der Waals surface area (Å²) in [5, 5.41) is 12.5. The first kappa shape index (κ1) is 9.97. The highest BCUT2D eigenvalue weighted by molar-refractivity contribution is 5.90. The Kier molecular flexibility index (Phi) is 2.77. The zero-order chi connectivity index (χ0) is 10.1. The maximum absolute atomic E-state index is 8.99. The highest BCUT2D eigenvalue weighted by Gasteiger charge is 2.37. The van der Waals surface area contributed by atoms with Crippen molar-refractivity contribution < 1.29 is 5.21 Å². The monoisotopic (exact) mass is 196 g/mol. The molecule has 80 valence electrons. The lowest BCUT2D eigenvalue weighted by Gasteiger charge is -2.43. The van der Waals surface area contributed by atoms with Gasteiger partial charge in [-0.1, -0.05) is 11.6 Å². The topological polar surface area (TPSA) is 35.8 Å². The van der Waals surface area contributed by atoms with Crippen LogP contribution in [0.15, 0.2) is 5.16 Å². The van der Waals surface area contributed by atoms with E-state index < -0.39 is 0 Å². The molecule has 0 spiro atoms. The van der Waals surface area contributed by atoms with Crippen LogP contribution in [0, 0.1) is 11.8 Å². The molecule has 2 fully saturated rings. The third-order valence-electron chi connectivity index (χ3n) is 3.70. The fraction of sp³-hybridized carbons (Fsp3) is 0.909. The van der Waals surface area contributed by atoms with Gasteiger partial charge in [0.25, 0.3) is 0 Å². The van der Waals surface area contributed by atoms with Crippen molar-refractivity contribution >= 4 is 5.71 Å². The minimum Gasteiger partial charge on any atom is -0.411 e. The van der Waals surface area contributed by atoms with Gasteiger partial charge in [0.1, 0.15) is 0 Å². The number of hydrogen-bond donors (Lipinski definition) is 1. The third kappa shape index (κ3) is 1.65. The van der Waals surface area contributed by atoms with Crippen molar-refractivity contribution in [3.05, 3.63) is 0 Å². The molecular formula is C11H20N2O. The van der Waals surface area contributed by atoms with E-state index in [1.807, 2.05) is 0 Å². The second kappa shape index (κ2) is 3.89. The maximum Gasteiger partial charge on any atom is 0.0657 e. The maximum atomic E-state index is 8.99. The van der Waals surface area contributed by atoms with Crippen molar-refractivity contribution in [2.45, 2.75) is 39.2 Å². The van der Waals surface area contributed by atoms with Crippen LogP contribution in [0.3, 0.4) is 0 Å². The molecule has 0 radical (unpaired) electrons. The summed E-state index contributed by atoms with van der Waals surface area (Å²) in [6.45, 7) is 6.68. The minimum atomic E-state index is 0.523. The summed E-state index contributed by atoms with van der Waals surface area (Å²) < 4.78 is 0. The van der Waals surface area contributed by atoms with Gasteiger partial charge < -0.3 is 5.21 Å². The molecule has 1 N–H and O–H groups in total. The minimum absolute atomic E-state index is 0.523. The fourth-order valence-corrected chi connectivity index (χ4v) is 2.84. The van der Waals surface area contributed by atoms with Crippen LogP contribution >= 0.6 is 0 Å². The molecule has 2 bridgehead atoms. The lowest BCUT2D eigenvalue weighted by atomic mass is 9.75. The molecule has 1 saturated heterocycles. The standard InChI is InChI=1S/C11H20N2O/c1-8(2)13-6-9-4-3-5-10(7-13)11(9)12-14/h8-10,14H,3-7H2,1-2H3/t9-,10+. The normalized spacial score (nSPS) is 36.6. The quantitative estimate of drug-likeness (QED) is 0.514. The molecule has 2 rings (SSSR count). The van der Waals surface area contributed by atoms with Crippen molar-refractivity contribution in [2.75, 3.05) is 13.1 Å². The van der Waals surface area contributed by atoms with E-state index in [0.29, 0.717) is 17.9 Å². The van der Waals surface area contributed by atoms with Crippen molar-refractivity contribution in [3.63, 3.8) is 0 Å². The van der Waals surface area contributed by atoms with Gasteiger partial charge in [0.05, 0.1) is 5.71 Å². The SMILES string of the molecule is CC(C)N1C[C@H]2CCC[C@@H](C1)C2=NO. The number of likely N-dealkylation sites (tertiary alicyclic amines) is 1. The lowest BCUT2D eigenvalue weighted by Crippen LogP contribution is -2.51. The molecule has 0 unspecified atom stereocenters. The molecule has 0 amide bonds. The van der Waals surface area contributed by atoms with Crippen molar-refractivity contribution in [1.82, 2.24) is 4.90 Å². The number of piperidine rings is 1. The highest BCUT2D eigenvalue weighted by Crippen LogP contribution is 2.33. The zero-order valence-corrected chi connectivity index (χ0v) is 9.11. The van der Waals surface area contributed by atoms with Gasteiger partial charge in [0.15, 0.2) is 0 Å². The molecule has 0 aromatic carbocycles. The van der Waals surface area contributed by atoms with Crippen molar-refractivity contribution in [1.29, 1.82) is 0 Å². The van der Waals surface area contributed by atoms with Crippen LogP contribution in [0.1, 0.15) is 33.1 Å². The van der Waals surface area contributed by atoms with Crippen molar-refractivity contribution in [2.24, 2.45) is 17.0 Å². The highest BCUT2D eigenvalue weighted by atomic mass is 16.4. The number of hydrogen-bond acceptors (Lipinski definition) is 3. The molecule has 0 aromatic rings. The van der Waals surface area contributed by atoms with Crippen LogP contribution in [-0.2, 0) is 0 Å². The number of rotatable bonds is 1. The summed E-state index contributed by atoms with van der Waals surface area (Å²) in [5.74, 6) is 1.05. The summed E-state index contributed by atoms with van der Waals surface area (Å²) in [4.78, 5) is 2.52. The second-order valence-electron chi connectivity index (χ2n) is 4.90. The predicted octanol–water partition coefficient (Wildman–Crippen LogP) is 1.96. The summed E-state index contributed by atoms with van der Waals surface area (Å²) in [5.41, 5.74) is 1.08. The van der Waals surface area contributed by atoms with Crippen molar-refractivity contribution in [3.8, 4) is 0 Å². The first-order valence-corrected chi connectivity index (χ1v) is 5.68. The van der Waals surface area contributed by atoms with Crippen LogP contribution in [0.25, 0.3) is 0 Å². The predicted molar refractivity (Wildman–Crippen MR) is 56.8 cm³/mol. The van der Waals surface area contributed by atoms with E-state index in [1.54, 1.807) is 0 Å². The molecule has 0 aromatic heterocycles. The van der Waals surface area contributed by atoms with Gasteiger partial charge in [-0.2, -0.15) is 0 Å². The molecule has 1 saturated carbocycles. The molecule has 1 aliphatic carbocycles. The molecule has 3 nitrogen and oxygen atoms in total. The zero-order valence-electron chi connectivity index (χ0n) is 9.11. The second-order valence-corrected chi connectivity index (χ2v) is 4.90. The summed E-state index contributed by atoms with van der Waals surface area (Å²) in [7, 11) is 0. The number of fused-ring (bicyclic) bond motifs is 2. The third-order valence-corrected chi connectivity index (χ3v) is 3.70. The molecule has 2 aliphatic rings. The molecule has 1 aliphatic heterocycles. The molecule has 1 heterocycles. The van der Waals surface area contributed by atoms with Crippen LogP contribution in [0.4, 0.5) is 0 Å². The summed E-state index contributed by atoms with van der Waals surface area (Å²) in [6.07, 6.45) is 3.72. The van der Waals surface area contributed by atoms with Gasteiger partial charge >= 0.3 is 0 Å². The van der Waals surface area contributed by atoms with E-state index in [-0.39, 0.29) is 0 Å². The van der Waals surface area contributed by atoms with Crippen LogP contribution in [0.2, 0.25) is 0 Å². The Balaban J connectivity index is 2.12. The van der Waals surface area contributed by atoms with E-state index >= 15 is 0 Å². The van der Waals surface area contributed by atoms with Gasteiger partial charge in [-0.15, -0.1) is 0 Å². The molecule has 3 heteroatoms. The van der Waals surface area contributed by atoms with Gasteiger partial charge in [-0.05, 0) is 26.7 Å². The van der Waals surface area contributed by atoms with Crippen LogP contribution in [0.5, 0.6) is 0 Å². The van der Waals surface area contributed by atoms with E-state index in [4.69, 9.17) is 5.21 Å². The lowest BCUT2D eigenvalue weighted by molar-refractivity contribution is 0.136. The first-order valence-electron chi connectivity index (χ1n) is 5.68.